The number of hydrogen-bond acceptors (Lipinski definition) is 5. The van der Waals surface area contributed by atoms with Gasteiger partial charge in [-0.25, -0.2) is 9.37 Å². The summed E-state index contributed by atoms with van der Waals surface area (Å²) in [5.41, 5.74) is 1.37. The van der Waals surface area contributed by atoms with Gasteiger partial charge in [0, 0.05) is 12.7 Å². The first-order valence-electron chi connectivity index (χ1n) is 8.23. The van der Waals surface area contributed by atoms with Crippen LogP contribution in [-0.2, 0) is 20.9 Å². The third-order valence-corrected chi connectivity index (χ3v) is 4.73. The fourth-order valence-electron chi connectivity index (χ4n) is 2.35. The number of amides is 2. The summed E-state index contributed by atoms with van der Waals surface area (Å²) in [6.07, 6.45) is 0. The Balaban J connectivity index is 1.43. The highest BCUT2D eigenvalue weighted by Gasteiger charge is 2.14. The molecule has 3 rings (SSSR count). The van der Waals surface area contributed by atoms with Crippen LogP contribution < -0.4 is 5.32 Å². The lowest BCUT2D eigenvalue weighted by Gasteiger charge is -2.16. The van der Waals surface area contributed by atoms with E-state index in [2.05, 4.69) is 10.3 Å². The number of hydrogen-bond donors (Lipinski definition) is 1. The Morgan fingerprint density at radius 3 is 2.67 bits per heavy atom. The average molecular weight is 387 g/mol. The second-order valence-electron chi connectivity index (χ2n) is 5.87. The maximum absolute atomic E-state index is 12.9. The molecule has 1 N–H and O–H groups in total. The lowest BCUT2D eigenvalue weighted by molar-refractivity contribution is -0.137. The molecule has 0 spiro atoms. The molecule has 6 nitrogen and oxygen atoms in total. The van der Waals surface area contributed by atoms with E-state index < -0.39 is 0 Å². The van der Waals surface area contributed by atoms with Gasteiger partial charge in [-0.2, -0.15) is 0 Å². The molecule has 0 atom stereocenters. The van der Waals surface area contributed by atoms with Gasteiger partial charge in [0.1, 0.15) is 17.4 Å². The molecule has 140 valence electrons. The van der Waals surface area contributed by atoms with Crippen molar-refractivity contribution in [3.8, 4) is 0 Å². The molecule has 2 aromatic carbocycles. The van der Waals surface area contributed by atoms with Crippen LogP contribution in [0.3, 0.4) is 0 Å². The van der Waals surface area contributed by atoms with Crippen LogP contribution in [0.15, 0.2) is 48.5 Å². The fourth-order valence-corrected chi connectivity index (χ4v) is 3.26. The first-order chi connectivity index (χ1) is 13.0. The molecule has 3 aromatic rings. The average Bonchev–Trinajstić information content (AvgIpc) is 3.06. The Morgan fingerprint density at radius 2 is 1.93 bits per heavy atom. The molecule has 0 unspecified atom stereocenters. The van der Waals surface area contributed by atoms with Gasteiger partial charge in [-0.3, -0.25) is 9.59 Å². The van der Waals surface area contributed by atoms with E-state index in [0.29, 0.717) is 5.69 Å². The molecule has 1 aromatic heterocycles. The minimum atomic E-state index is -0.384. The molecule has 0 radical (unpaired) electrons. The summed E-state index contributed by atoms with van der Waals surface area (Å²) < 4.78 is 19.4. The molecule has 0 saturated heterocycles. The van der Waals surface area contributed by atoms with Gasteiger partial charge in [0.05, 0.1) is 23.4 Å². The number of likely N-dealkylation sites (N-methyl/N-ethyl adjacent to an activating group) is 1. The standard InChI is InChI=1S/C19H18FN3O3S/c1-23(10-17(24)21-14-8-6-13(20)7-9-14)19(25)12-26-11-18-22-15-4-2-3-5-16(15)27-18/h2-9H,10-12H2,1H3,(H,21,24). The van der Waals surface area contributed by atoms with E-state index in [0.717, 1.165) is 15.2 Å². The van der Waals surface area contributed by atoms with Crippen LogP contribution in [0.5, 0.6) is 0 Å². The zero-order valence-electron chi connectivity index (χ0n) is 14.6. The third kappa shape index (κ3) is 5.32. The van der Waals surface area contributed by atoms with Crippen LogP contribution in [0, 0.1) is 5.82 Å². The van der Waals surface area contributed by atoms with E-state index in [1.54, 1.807) is 0 Å². The number of aromatic nitrogens is 1. The van der Waals surface area contributed by atoms with E-state index in [1.165, 1.54) is 47.5 Å². The van der Waals surface area contributed by atoms with Gasteiger partial charge in [0.15, 0.2) is 0 Å². The maximum atomic E-state index is 12.9. The topological polar surface area (TPSA) is 71.5 Å². The largest absolute Gasteiger partial charge is 0.364 e. The van der Waals surface area contributed by atoms with Crippen molar-refractivity contribution in [2.24, 2.45) is 0 Å². The van der Waals surface area contributed by atoms with E-state index in [4.69, 9.17) is 4.74 Å². The van der Waals surface area contributed by atoms with Crippen molar-refractivity contribution < 1.29 is 18.7 Å². The SMILES string of the molecule is CN(CC(=O)Nc1ccc(F)cc1)C(=O)COCc1nc2ccccc2s1. The van der Waals surface area contributed by atoms with Crippen molar-refractivity contribution in [2.75, 3.05) is 25.5 Å². The summed E-state index contributed by atoms with van der Waals surface area (Å²) in [6.45, 7) is -0.0301. The molecule has 0 bridgehead atoms. The summed E-state index contributed by atoms with van der Waals surface area (Å²) in [7, 11) is 1.52. The second kappa shape index (κ2) is 8.70. The van der Waals surface area contributed by atoms with Crippen molar-refractivity contribution in [3.63, 3.8) is 0 Å². The van der Waals surface area contributed by atoms with Crippen LogP contribution in [0.25, 0.3) is 10.2 Å². The number of benzene rings is 2. The highest BCUT2D eigenvalue weighted by Crippen LogP contribution is 2.21. The monoisotopic (exact) mass is 387 g/mol. The predicted octanol–water partition coefficient (Wildman–Crippen LogP) is 3.05. The van der Waals surface area contributed by atoms with Gasteiger partial charge in [0.25, 0.3) is 0 Å². The minimum absolute atomic E-state index is 0.124. The molecule has 0 saturated carbocycles. The van der Waals surface area contributed by atoms with Crippen LogP contribution >= 0.6 is 11.3 Å². The fraction of sp³-hybridized carbons (Fsp3) is 0.211. The maximum Gasteiger partial charge on any atom is 0.248 e. The quantitative estimate of drug-likeness (QED) is 0.676. The lowest BCUT2D eigenvalue weighted by atomic mass is 10.3. The number of thiazole rings is 1. The Bertz CT molecular complexity index is 910. The zero-order valence-corrected chi connectivity index (χ0v) is 15.5. The summed E-state index contributed by atoms with van der Waals surface area (Å²) in [4.78, 5) is 29.8. The van der Waals surface area contributed by atoms with Crippen molar-refractivity contribution >= 4 is 39.1 Å². The number of nitrogens with zero attached hydrogens (tertiary/aromatic N) is 2. The summed E-state index contributed by atoms with van der Waals surface area (Å²) in [6, 6.07) is 13.2. The van der Waals surface area contributed by atoms with Crippen molar-refractivity contribution in [1.82, 2.24) is 9.88 Å². The molecule has 0 aliphatic heterocycles. The highest BCUT2D eigenvalue weighted by molar-refractivity contribution is 7.18. The molecular weight excluding hydrogens is 369 g/mol. The van der Waals surface area contributed by atoms with E-state index in [1.807, 2.05) is 24.3 Å². The highest BCUT2D eigenvalue weighted by atomic mass is 32.1. The zero-order chi connectivity index (χ0) is 19.2. The van der Waals surface area contributed by atoms with Gasteiger partial charge in [-0.1, -0.05) is 12.1 Å². The number of carbonyl (C=O) groups is 2. The Labute approximate surface area is 159 Å². The molecule has 8 heteroatoms. The van der Waals surface area contributed by atoms with Crippen molar-refractivity contribution in [1.29, 1.82) is 0 Å². The number of anilines is 1. The smallest absolute Gasteiger partial charge is 0.248 e. The van der Waals surface area contributed by atoms with Gasteiger partial charge in [0.2, 0.25) is 11.8 Å². The second-order valence-corrected chi connectivity index (χ2v) is 6.99. The molecule has 2 amide bonds. The van der Waals surface area contributed by atoms with Crippen LogP contribution in [0.1, 0.15) is 5.01 Å². The van der Waals surface area contributed by atoms with Crippen LogP contribution in [0.2, 0.25) is 0 Å². The molecule has 0 fully saturated rings. The predicted molar refractivity (Wildman–Crippen MR) is 102 cm³/mol. The van der Waals surface area contributed by atoms with Crippen molar-refractivity contribution in [2.45, 2.75) is 6.61 Å². The van der Waals surface area contributed by atoms with E-state index in [-0.39, 0.29) is 37.4 Å². The van der Waals surface area contributed by atoms with E-state index >= 15 is 0 Å². The summed E-state index contributed by atoms with van der Waals surface area (Å²) in [5.74, 6) is -1.07. The normalized spacial score (nSPS) is 10.7. The van der Waals surface area contributed by atoms with Gasteiger partial charge >= 0.3 is 0 Å². The number of halogens is 1. The molecule has 0 aliphatic carbocycles. The number of carbonyl (C=O) groups excluding carboxylic acids is 2. The first-order valence-corrected chi connectivity index (χ1v) is 9.04. The Hall–Kier alpha value is -2.84. The number of fused-ring (bicyclic) bond motifs is 1. The molecule has 0 aliphatic rings. The summed E-state index contributed by atoms with van der Waals surface area (Å²) >= 11 is 1.52. The number of rotatable bonds is 7. The molecule has 1 heterocycles. The molecule has 27 heavy (non-hydrogen) atoms. The Kier molecular flexibility index (Phi) is 6.10. The van der Waals surface area contributed by atoms with Crippen LogP contribution in [-0.4, -0.2) is 41.9 Å². The number of ether oxygens (including phenoxy) is 1. The van der Waals surface area contributed by atoms with Crippen LogP contribution in [0.4, 0.5) is 10.1 Å². The number of nitrogens with one attached hydrogen (secondary N) is 1. The van der Waals surface area contributed by atoms with E-state index in [9.17, 15) is 14.0 Å². The van der Waals surface area contributed by atoms with Gasteiger partial charge < -0.3 is 15.0 Å². The third-order valence-electron chi connectivity index (χ3n) is 3.72. The summed E-state index contributed by atoms with van der Waals surface area (Å²) in [5, 5.41) is 3.40. The Morgan fingerprint density at radius 1 is 1.19 bits per heavy atom. The number of para-hydroxylation sites is 1. The van der Waals surface area contributed by atoms with Gasteiger partial charge in [-0.15, -0.1) is 11.3 Å². The first kappa shape index (κ1) is 18.9. The molecular formula is C19H18FN3O3S. The lowest BCUT2D eigenvalue weighted by Crippen LogP contribution is -2.37. The minimum Gasteiger partial charge on any atom is -0.364 e. The van der Waals surface area contributed by atoms with Crippen molar-refractivity contribution in [3.05, 3.63) is 59.4 Å². The van der Waals surface area contributed by atoms with Gasteiger partial charge in [-0.05, 0) is 36.4 Å².